The third kappa shape index (κ3) is 4.31. The predicted octanol–water partition coefficient (Wildman–Crippen LogP) is 4.48. The Bertz CT molecular complexity index is 760. The van der Waals surface area contributed by atoms with Crippen LogP contribution in [-0.2, 0) is 17.8 Å². The van der Waals surface area contributed by atoms with Crippen LogP contribution in [0, 0.1) is 0 Å². The van der Waals surface area contributed by atoms with Crippen molar-refractivity contribution in [3.63, 3.8) is 0 Å². The highest BCUT2D eigenvalue weighted by Crippen LogP contribution is 2.31. The van der Waals surface area contributed by atoms with Gasteiger partial charge in [-0.2, -0.15) is 0 Å². The van der Waals surface area contributed by atoms with Crippen LogP contribution in [0.4, 0.5) is 0 Å². The van der Waals surface area contributed by atoms with Crippen molar-refractivity contribution in [3.8, 4) is 11.5 Å². The number of amides is 1. The normalized spacial score (nSPS) is 16.8. The molecule has 1 saturated heterocycles. The molecular weight excluding hydrogens is 350 g/mol. The Morgan fingerprint density at radius 3 is 2.54 bits per heavy atom. The number of nitrogens with zero attached hydrogens (tertiary/aromatic N) is 1. The zero-order valence-electron chi connectivity index (χ0n) is 15.2. The summed E-state index contributed by atoms with van der Waals surface area (Å²) in [5.41, 5.74) is 2.24. The van der Waals surface area contributed by atoms with Gasteiger partial charge in [-0.3, -0.25) is 4.79 Å². The zero-order chi connectivity index (χ0) is 18.5. The maximum atomic E-state index is 12.4. The van der Waals surface area contributed by atoms with Crippen LogP contribution < -0.4 is 9.47 Å². The lowest BCUT2D eigenvalue weighted by atomic mass is 10.0. The van der Waals surface area contributed by atoms with Crippen molar-refractivity contribution in [1.29, 1.82) is 0 Å². The molecule has 0 N–H and O–H groups in total. The average molecular weight is 374 g/mol. The van der Waals surface area contributed by atoms with Crippen LogP contribution in [0.1, 0.15) is 30.9 Å². The minimum absolute atomic E-state index is 0.195. The Morgan fingerprint density at radius 1 is 1.12 bits per heavy atom. The van der Waals surface area contributed by atoms with E-state index in [0.717, 1.165) is 35.5 Å². The molecule has 1 unspecified atom stereocenters. The molecule has 2 aromatic carbocycles. The molecule has 138 valence electrons. The molecule has 0 spiro atoms. The van der Waals surface area contributed by atoms with E-state index in [-0.39, 0.29) is 11.9 Å². The first-order chi connectivity index (χ1) is 12.6. The molecule has 0 saturated carbocycles. The molecule has 4 nitrogen and oxygen atoms in total. The number of benzene rings is 2. The first-order valence-electron chi connectivity index (χ1n) is 8.94. The number of ether oxygens (including phenoxy) is 2. The number of hydrogen-bond donors (Lipinski definition) is 0. The number of carbonyl (C=O) groups is 1. The van der Waals surface area contributed by atoms with E-state index in [0.29, 0.717) is 24.6 Å². The van der Waals surface area contributed by atoms with Crippen LogP contribution in [-0.4, -0.2) is 30.6 Å². The van der Waals surface area contributed by atoms with E-state index in [4.69, 9.17) is 21.1 Å². The van der Waals surface area contributed by atoms with Gasteiger partial charge in [0.2, 0.25) is 5.91 Å². The van der Waals surface area contributed by atoms with Gasteiger partial charge in [-0.15, -0.1) is 0 Å². The largest absolute Gasteiger partial charge is 0.493 e. The molecule has 3 rings (SSSR count). The third-order valence-corrected chi connectivity index (χ3v) is 4.97. The number of hydrogen-bond acceptors (Lipinski definition) is 3. The second-order valence-electron chi connectivity index (χ2n) is 6.46. The summed E-state index contributed by atoms with van der Waals surface area (Å²) in [7, 11) is 1.65. The molecule has 1 aliphatic rings. The van der Waals surface area contributed by atoms with Crippen LogP contribution in [0.25, 0.3) is 0 Å². The molecule has 0 bridgehead atoms. The Morgan fingerprint density at radius 2 is 1.85 bits per heavy atom. The average Bonchev–Trinajstić information content (AvgIpc) is 2.98. The van der Waals surface area contributed by atoms with Gasteiger partial charge in [-0.1, -0.05) is 29.8 Å². The molecule has 0 aliphatic carbocycles. The maximum Gasteiger partial charge on any atom is 0.223 e. The van der Waals surface area contributed by atoms with Gasteiger partial charge in [0, 0.05) is 24.0 Å². The minimum Gasteiger partial charge on any atom is -0.493 e. The van der Waals surface area contributed by atoms with Gasteiger partial charge in [0.1, 0.15) is 0 Å². The number of carbonyl (C=O) groups excluding carboxylic acids is 1. The Labute approximate surface area is 159 Å². The second-order valence-corrected chi connectivity index (χ2v) is 6.90. The fraction of sp³-hybridized carbons (Fsp3) is 0.381. The fourth-order valence-corrected chi connectivity index (χ4v) is 3.52. The quantitative estimate of drug-likeness (QED) is 0.718. The topological polar surface area (TPSA) is 38.8 Å². The molecule has 1 aliphatic heterocycles. The van der Waals surface area contributed by atoms with Gasteiger partial charge in [0.05, 0.1) is 13.7 Å². The molecule has 5 heteroatoms. The Kier molecular flexibility index (Phi) is 6.04. The lowest BCUT2D eigenvalue weighted by Gasteiger charge is -2.25. The van der Waals surface area contributed by atoms with E-state index >= 15 is 0 Å². The molecular formula is C21H24ClNO3. The van der Waals surface area contributed by atoms with Crippen LogP contribution >= 0.6 is 11.6 Å². The summed E-state index contributed by atoms with van der Waals surface area (Å²) in [5, 5.41) is 0.708. The lowest BCUT2D eigenvalue weighted by molar-refractivity contribution is -0.129. The minimum atomic E-state index is 0.195. The molecule has 1 heterocycles. The van der Waals surface area contributed by atoms with E-state index in [9.17, 15) is 4.79 Å². The second kappa shape index (κ2) is 8.45. The van der Waals surface area contributed by atoms with Gasteiger partial charge >= 0.3 is 0 Å². The Hall–Kier alpha value is -2.20. The highest BCUT2D eigenvalue weighted by molar-refractivity contribution is 6.30. The fourth-order valence-electron chi connectivity index (χ4n) is 3.39. The van der Waals surface area contributed by atoms with Crippen molar-refractivity contribution in [2.45, 2.75) is 38.8 Å². The molecule has 1 fully saturated rings. The van der Waals surface area contributed by atoms with E-state index in [1.54, 1.807) is 7.11 Å². The van der Waals surface area contributed by atoms with E-state index in [1.807, 2.05) is 48.2 Å². The number of halogens is 1. The first kappa shape index (κ1) is 18.6. The van der Waals surface area contributed by atoms with E-state index in [1.165, 1.54) is 0 Å². The van der Waals surface area contributed by atoms with E-state index in [2.05, 4.69) is 6.07 Å². The SMILES string of the molecule is CCOc1ccc(CC2CCC(=O)N2Cc2ccc(Cl)cc2)cc1OC. The summed E-state index contributed by atoms with van der Waals surface area (Å²) in [6.07, 6.45) is 2.29. The predicted molar refractivity (Wildman–Crippen MR) is 103 cm³/mol. The zero-order valence-corrected chi connectivity index (χ0v) is 16.0. The van der Waals surface area contributed by atoms with Gasteiger partial charge in [0.25, 0.3) is 0 Å². The maximum absolute atomic E-state index is 12.4. The monoisotopic (exact) mass is 373 g/mol. The molecule has 26 heavy (non-hydrogen) atoms. The lowest BCUT2D eigenvalue weighted by Crippen LogP contribution is -2.33. The number of methoxy groups -OCH3 is 1. The molecule has 0 radical (unpaired) electrons. The summed E-state index contributed by atoms with van der Waals surface area (Å²) in [6.45, 7) is 3.17. The van der Waals surface area contributed by atoms with Crippen molar-refractivity contribution < 1.29 is 14.3 Å². The molecule has 2 aromatic rings. The van der Waals surface area contributed by atoms with Crippen molar-refractivity contribution >= 4 is 17.5 Å². The van der Waals surface area contributed by atoms with Crippen LogP contribution in [0.15, 0.2) is 42.5 Å². The smallest absolute Gasteiger partial charge is 0.223 e. The highest BCUT2D eigenvalue weighted by Gasteiger charge is 2.31. The number of rotatable bonds is 7. The van der Waals surface area contributed by atoms with Crippen molar-refractivity contribution in [1.82, 2.24) is 4.90 Å². The van der Waals surface area contributed by atoms with Crippen molar-refractivity contribution in [2.75, 3.05) is 13.7 Å². The van der Waals surface area contributed by atoms with Crippen LogP contribution in [0.5, 0.6) is 11.5 Å². The highest BCUT2D eigenvalue weighted by atomic mass is 35.5. The summed E-state index contributed by atoms with van der Waals surface area (Å²) in [5.74, 6) is 1.69. The summed E-state index contributed by atoms with van der Waals surface area (Å²) < 4.78 is 11.0. The molecule has 1 atom stereocenters. The van der Waals surface area contributed by atoms with Gasteiger partial charge in [-0.25, -0.2) is 0 Å². The van der Waals surface area contributed by atoms with E-state index < -0.39 is 0 Å². The Balaban J connectivity index is 1.73. The van der Waals surface area contributed by atoms with Crippen molar-refractivity contribution in [3.05, 3.63) is 58.6 Å². The molecule has 0 aromatic heterocycles. The summed E-state index contributed by atoms with van der Waals surface area (Å²) in [4.78, 5) is 14.3. The summed E-state index contributed by atoms with van der Waals surface area (Å²) >= 11 is 5.95. The van der Waals surface area contributed by atoms with Crippen molar-refractivity contribution in [2.24, 2.45) is 0 Å². The summed E-state index contributed by atoms with van der Waals surface area (Å²) in [6, 6.07) is 13.9. The van der Waals surface area contributed by atoms with Gasteiger partial charge in [0.15, 0.2) is 11.5 Å². The first-order valence-corrected chi connectivity index (χ1v) is 9.32. The van der Waals surface area contributed by atoms with Gasteiger partial charge in [-0.05, 0) is 55.2 Å². The third-order valence-electron chi connectivity index (χ3n) is 4.72. The standard InChI is InChI=1S/C21H24ClNO3/c1-3-26-19-10-6-16(13-20(19)25-2)12-18-9-11-21(24)23(18)14-15-4-7-17(22)8-5-15/h4-8,10,13,18H,3,9,11-12,14H2,1-2H3. The molecule has 1 amide bonds. The van der Waals surface area contributed by atoms with Gasteiger partial charge < -0.3 is 14.4 Å². The number of likely N-dealkylation sites (tertiary alicyclic amines) is 1. The van der Waals surface area contributed by atoms with Crippen LogP contribution in [0.2, 0.25) is 5.02 Å². The van der Waals surface area contributed by atoms with Crippen LogP contribution in [0.3, 0.4) is 0 Å².